The number of hydrogen-bond acceptors (Lipinski definition) is 5. The summed E-state index contributed by atoms with van der Waals surface area (Å²) in [6, 6.07) is -2.00. The van der Waals surface area contributed by atoms with Crippen molar-refractivity contribution in [2.24, 2.45) is 7.05 Å². The summed E-state index contributed by atoms with van der Waals surface area (Å²) in [5.41, 5.74) is -3.73. The van der Waals surface area contributed by atoms with Crippen LogP contribution in [-0.2, 0) is 18.0 Å². The Bertz CT molecular complexity index is 1390. The van der Waals surface area contributed by atoms with E-state index in [4.69, 9.17) is 0 Å². The highest BCUT2D eigenvalue weighted by Gasteiger charge is 2.45. The van der Waals surface area contributed by atoms with Gasteiger partial charge < -0.3 is 10.4 Å². The van der Waals surface area contributed by atoms with Crippen LogP contribution in [-0.4, -0.2) is 33.0 Å². The number of hydrogen-bond donors (Lipinski definition) is 3. The van der Waals surface area contributed by atoms with Gasteiger partial charge in [0, 0.05) is 12.6 Å². The number of aromatic nitrogens is 2. The average Bonchev–Trinajstić information content (AvgIpc) is 2.83. The first-order chi connectivity index (χ1) is 17.3. The van der Waals surface area contributed by atoms with E-state index in [0.29, 0.717) is 30.5 Å². The number of dihydropyridines is 1. The van der Waals surface area contributed by atoms with Gasteiger partial charge in [-0.1, -0.05) is 6.08 Å². The highest BCUT2D eigenvalue weighted by Crippen LogP contribution is 2.40. The SMILES string of the molecule is Cn1c(C2=CCCCC2)nc2c(C(NC3NC=CC=C3C(=O)O)C(F)(F)F)cc(C(F)(F)F)cc2c1=O. The molecule has 1 aromatic heterocycles. The maximum Gasteiger partial charge on any atom is 0.416 e. The monoisotopic (exact) mass is 528 g/mol. The molecule has 0 amide bonds. The zero-order valence-electron chi connectivity index (χ0n) is 19.4. The van der Waals surface area contributed by atoms with Gasteiger partial charge in [-0.25, -0.2) is 9.78 Å². The Balaban J connectivity index is 1.99. The number of nitrogens with zero attached hydrogens (tertiary/aromatic N) is 2. The molecule has 2 atom stereocenters. The van der Waals surface area contributed by atoms with Crippen molar-refractivity contribution in [1.82, 2.24) is 20.2 Å². The molecule has 0 saturated heterocycles. The number of benzene rings is 1. The zero-order chi connectivity index (χ0) is 27.1. The van der Waals surface area contributed by atoms with Gasteiger partial charge in [0.25, 0.3) is 5.56 Å². The molecule has 0 spiro atoms. The van der Waals surface area contributed by atoms with E-state index < -0.39 is 63.7 Å². The molecule has 3 N–H and O–H groups in total. The Labute approximate surface area is 206 Å². The number of carboxylic acid groups (broad SMARTS) is 1. The van der Waals surface area contributed by atoms with E-state index in [1.54, 1.807) is 0 Å². The van der Waals surface area contributed by atoms with Crippen LogP contribution in [0.1, 0.15) is 48.7 Å². The summed E-state index contributed by atoms with van der Waals surface area (Å²) in [4.78, 5) is 29.0. The van der Waals surface area contributed by atoms with E-state index in [2.05, 4.69) is 15.6 Å². The Morgan fingerprint density at radius 2 is 1.95 bits per heavy atom. The van der Waals surface area contributed by atoms with Crippen LogP contribution in [0.5, 0.6) is 0 Å². The molecule has 0 radical (unpaired) electrons. The first-order valence-electron chi connectivity index (χ1n) is 11.3. The second kappa shape index (κ2) is 9.69. The number of halogens is 6. The molecule has 2 aromatic rings. The summed E-state index contributed by atoms with van der Waals surface area (Å²) in [5, 5.41) is 13.3. The van der Waals surface area contributed by atoms with E-state index in [-0.39, 0.29) is 5.82 Å². The lowest BCUT2D eigenvalue weighted by Gasteiger charge is -2.30. The summed E-state index contributed by atoms with van der Waals surface area (Å²) >= 11 is 0. The summed E-state index contributed by atoms with van der Waals surface area (Å²) in [6.07, 6.45) is -3.68. The minimum Gasteiger partial charge on any atom is -0.478 e. The van der Waals surface area contributed by atoms with Crippen LogP contribution in [0.2, 0.25) is 0 Å². The predicted molar refractivity (Wildman–Crippen MR) is 122 cm³/mol. The highest BCUT2D eigenvalue weighted by atomic mass is 19.4. The molecule has 0 saturated carbocycles. The van der Waals surface area contributed by atoms with Crippen molar-refractivity contribution in [3.63, 3.8) is 0 Å². The molecule has 0 bridgehead atoms. The third-order valence-corrected chi connectivity index (χ3v) is 6.28. The molecule has 0 fully saturated rings. The van der Waals surface area contributed by atoms with Crippen LogP contribution in [0.4, 0.5) is 26.3 Å². The van der Waals surface area contributed by atoms with Gasteiger partial charge in [-0.05, 0) is 61.7 Å². The normalized spacial score (nSPS) is 19.3. The van der Waals surface area contributed by atoms with Gasteiger partial charge in [0.05, 0.1) is 22.0 Å². The summed E-state index contributed by atoms with van der Waals surface area (Å²) in [5.74, 6) is -1.45. The fraction of sp³-hybridized carbons (Fsp3) is 0.375. The van der Waals surface area contributed by atoms with Crippen LogP contribution in [0.3, 0.4) is 0 Å². The van der Waals surface area contributed by atoms with Gasteiger partial charge in [0.2, 0.25) is 0 Å². The molecular weight excluding hydrogens is 506 g/mol. The number of rotatable bonds is 5. The first kappa shape index (κ1) is 26.5. The van der Waals surface area contributed by atoms with Crippen LogP contribution >= 0.6 is 0 Å². The average molecular weight is 528 g/mol. The fourth-order valence-corrected chi connectivity index (χ4v) is 4.46. The lowest BCUT2D eigenvalue weighted by atomic mass is 9.96. The van der Waals surface area contributed by atoms with E-state index in [0.717, 1.165) is 23.5 Å². The van der Waals surface area contributed by atoms with Crippen molar-refractivity contribution >= 4 is 22.4 Å². The minimum atomic E-state index is -5.18. The molecule has 1 aromatic carbocycles. The molecule has 7 nitrogen and oxygen atoms in total. The molecule has 4 rings (SSSR count). The molecule has 2 aliphatic rings. The minimum absolute atomic E-state index is 0.0731. The molecule has 198 valence electrons. The highest BCUT2D eigenvalue weighted by molar-refractivity contribution is 5.89. The van der Waals surface area contributed by atoms with E-state index in [1.807, 2.05) is 6.08 Å². The number of alkyl halides is 6. The number of aliphatic carboxylic acids is 1. The Morgan fingerprint density at radius 3 is 2.54 bits per heavy atom. The van der Waals surface area contributed by atoms with Gasteiger partial charge in [-0.15, -0.1) is 0 Å². The third kappa shape index (κ3) is 5.26. The van der Waals surface area contributed by atoms with Crippen LogP contribution in [0.25, 0.3) is 16.5 Å². The van der Waals surface area contributed by atoms with Crippen molar-refractivity contribution in [3.05, 3.63) is 69.4 Å². The number of fused-ring (bicyclic) bond motifs is 1. The molecule has 2 unspecified atom stereocenters. The van der Waals surface area contributed by atoms with Gasteiger partial charge in [-0.3, -0.25) is 14.7 Å². The fourth-order valence-electron chi connectivity index (χ4n) is 4.46. The largest absolute Gasteiger partial charge is 0.478 e. The topological polar surface area (TPSA) is 96.2 Å². The standard InChI is InChI=1S/C24H22F6N4O3/c1-34-20(12-6-3-2-4-7-12)32-17-15(10-13(23(25,26)27)11-16(17)21(34)35)18(24(28,29)30)33-19-14(22(36)37)8-5-9-31-19/h5-6,8-11,18-19,31,33H,2-4,7H2,1H3,(H,36,37). The van der Waals surface area contributed by atoms with Crippen LogP contribution < -0.4 is 16.2 Å². The quantitative estimate of drug-likeness (QED) is 0.493. The second-order valence-electron chi connectivity index (χ2n) is 8.76. The summed E-state index contributed by atoms with van der Waals surface area (Å²) < 4.78 is 85.5. The number of carbonyl (C=O) groups is 1. The molecule has 1 aliphatic heterocycles. The maximum absolute atomic E-state index is 14.4. The first-order valence-corrected chi connectivity index (χ1v) is 11.3. The van der Waals surface area contributed by atoms with E-state index in [1.165, 1.54) is 19.3 Å². The molecule has 37 heavy (non-hydrogen) atoms. The summed E-state index contributed by atoms with van der Waals surface area (Å²) in [6.45, 7) is 0. The van der Waals surface area contributed by atoms with Crippen LogP contribution in [0.15, 0.2) is 46.9 Å². The lowest BCUT2D eigenvalue weighted by Crippen LogP contribution is -2.49. The third-order valence-electron chi connectivity index (χ3n) is 6.28. The lowest BCUT2D eigenvalue weighted by molar-refractivity contribution is -0.160. The van der Waals surface area contributed by atoms with Crippen LogP contribution in [0, 0.1) is 0 Å². The number of carboxylic acids is 1. The van der Waals surface area contributed by atoms with Crippen molar-refractivity contribution < 1.29 is 36.2 Å². The van der Waals surface area contributed by atoms with E-state index >= 15 is 0 Å². The zero-order valence-corrected chi connectivity index (χ0v) is 19.4. The molecular formula is C24H22F6N4O3. The van der Waals surface area contributed by atoms with Crippen molar-refractivity contribution in [1.29, 1.82) is 0 Å². The Kier molecular flexibility index (Phi) is 6.93. The molecule has 2 heterocycles. The van der Waals surface area contributed by atoms with Crippen molar-refractivity contribution in [2.45, 2.75) is 50.2 Å². The van der Waals surface area contributed by atoms with Crippen molar-refractivity contribution in [2.75, 3.05) is 0 Å². The summed E-state index contributed by atoms with van der Waals surface area (Å²) in [7, 11) is 1.31. The number of allylic oxidation sites excluding steroid dienone is 4. The van der Waals surface area contributed by atoms with E-state index in [9.17, 15) is 41.0 Å². The Hall–Kier alpha value is -3.61. The van der Waals surface area contributed by atoms with Gasteiger partial charge in [0.15, 0.2) is 0 Å². The number of nitrogens with one attached hydrogen (secondary N) is 2. The second-order valence-corrected chi connectivity index (χ2v) is 8.76. The van der Waals surface area contributed by atoms with Crippen molar-refractivity contribution in [3.8, 4) is 0 Å². The van der Waals surface area contributed by atoms with Gasteiger partial charge in [-0.2, -0.15) is 26.3 Å². The Morgan fingerprint density at radius 1 is 1.22 bits per heavy atom. The van der Waals surface area contributed by atoms with Gasteiger partial charge in [0.1, 0.15) is 18.0 Å². The van der Waals surface area contributed by atoms with Gasteiger partial charge >= 0.3 is 18.3 Å². The predicted octanol–water partition coefficient (Wildman–Crippen LogP) is 4.56. The maximum atomic E-state index is 14.4. The molecule has 13 heteroatoms. The smallest absolute Gasteiger partial charge is 0.416 e. The molecule has 1 aliphatic carbocycles.